The smallest absolute Gasteiger partial charge is 0.364 e. The second-order valence-electron chi connectivity index (χ2n) is 11.2. The van der Waals surface area contributed by atoms with Gasteiger partial charge < -0.3 is 79.9 Å². The van der Waals surface area contributed by atoms with Gasteiger partial charge in [0.05, 0.1) is 38.1 Å². The van der Waals surface area contributed by atoms with Crippen molar-refractivity contribution in [3.8, 4) is 0 Å². The Balaban J connectivity index is 1.77. The van der Waals surface area contributed by atoms with E-state index in [0.717, 1.165) is 0 Å². The van der Waals surface area contributed by atoms with Crippen molar-refractivity contribution in [2.75, 3.05) is 19.8 Å². The van der Waals surface area contributed by atoms with Gasteiger partial charge in [0.2, 0.25) is 0 Å². The molecule has 0 aromatic carbocycles. The third-order valence-electron chi connectivity index (χ3n) is 8.07. The molecule has 0 radical (unpaired) electrons. The van der Waals surface area contributed by atoms with Crippen LogP contribution >= 0.6 is 0 Å². The lowest BCUT2D eigenvalue weighted by atomic mass is 9.84. The van der Waals surface area contributed by atoms with Crippen LogP contribution in [0.2, 0.25) is 0 Å². The summed E-state index contributed by atoms with van der Waals surface area (Å²) in [5, 5.41) is 112. The highest BCUT2D eigenvalue weighted by molar-refractivity contribution is 5.76. The molecule has 3 heterocycles. The molecule has 0 spiro atoms. The molecule has 16 atom stereocenters. The number of carbonyl (C=O) groups is 2. The van der Waals surface area contributed by atoms with E-state index in [1.54, 1.807) is 0 Å². The van der Waals surface area contributed by atoms with Crippen LogP contribution in [0.5, 0.6) is 0 Å². The Morgan fingerprint density at radius 3 is 2.09 bits per heavy atom. The van der Waals surface area contributed by atoms with Crippen LogP contribution < -0.4 is 0 Å². The van der Waals surface area contributed by atoms with E-state index in [1.165, 1.54) is 13.8 Å². The zero-order valence-corrected chi connectivity index (χ0v) is 23.5. The predicted octanol–water partition coefficient (Wildman–Crippen LogP) is -6.06. The molecule has 3 rings (SSSR count). The zero-order valence-electron chi connectivity index (χ0n) is 23.5. The maximum absolute atomic E-state index is 12.3. The number of aliphatic carboxylic acids is 1. The number of rotatable bonds is 12. The Kier molecular flexibility index (Phi) is 12.4. The summed E-state index contributed by atoms with van der Waals surface area (Å²) in [5.74, 6) is -5.73. The van der Waals surface area contributed by atoms with Gasteiger partial charge in [-0.3, -0.25) is 4.79 Å². The fraction of sp³-hybridized carbons (Fsp3) is 0.920. The maximum atomic E-state index is 12.3. The molecule has 0 saturated carbocycles. The molecular formula is C25H42O18. The molecule has 3 fully saturated rings. The number of hydrogen-bond acceptors (Lipinski definition) is 17. The first-order valence-corrected chi connectivity index (χ1v) is 13.8. The van der Waals surface area contributed by atoms with Gasteiger partial charge in [-0.05, 0) is 6.92 Å². The van der Waals surface area contributed by atoms with Gasteiger partial charge in [-0.25, -0.2) is 4.79 Å². The van der Waals surface area contributed by atoms with Gasteiger partial charge >= 0.3 is 5.97 Å². The van der Waals surface area contributed by atoms with Gasteiger partial charge in [0, 0.05) is 18.8 Å². The number of aliphatic hydroxyl groups excluding tert-OH is 10. The average molecular weight is 631 g/mol. The maximum Gasteiger partial charge on any atom is 0.364 e. The van der Waals surface area contributed by atoms with E-state index in [9.17, 15) is 65.8 Å². The van der Waals surface area contributed by atoms with E-state index in [-0.39, 0.29) is 12.2 Å². The predicted molar refractivity (Wildman–Crippen MR) is 135 cm³/mol. The monoisotopic (exact) mass is 630 g/mol. The highest BCUT2D eigenvalue weighted by Crippen LogP contribution is 2.37. The largest absolute Gasteiger partial charge is 0.477 e. The summed E-state index contributed by atoms with van der Waals surface area (Å²) < 4.78 is 27.5. The fourth-order valence-electron chi connectivity index (χ4n) is 5.38. The van der Waals surface area contributed by atoms with Crippen LogP contribution in [-0.2, 0) is 33.3 Å². The van der Waals surface area contributed by atoms with E-state index in [1.807, 2.05) is 0 Å². The molecule has 11 N–H and O–H groups in total. The minimum Gasteiger partial charge on any atom is -0.477 e. The van der Waals surface area contributed by atoms with Crippen LogP contribution in [0.15, 0.2) is 0 Å². The Morgan fingerprint density at radius 1 is 0.907 bits per heavy atom. The Labute approximate surface area is 245 Å². The summed E-state index contributed by atoms with van der Waals surface area (Å²) in [6.07, 6.45) is -24.4. The van der Waals surface area contributed by atoms with Crippen LogP contribution in [0.1, 0.15) is 26.7 Å². The topological polar surface area (TPSA) is 303 Å². The summed E-state index contributed by atoms with van der Waals surface area (Å²) in [6, 6.07) is 0. The van der Waals surface area contributed by atoms with E-state index in [0.29, 0.717) is 0 Å². The second-order valence-corrected chi connectivity index (χ2v) is 11.2. The molecule has 3 saturated heterocycles. The van der Waals surface area contributed by atoms with Crippen LogP contribution in [-0.4, -0.2) is 179 Å². The lowest BCUT2D eigenvalue weighted by molar-refractivity contribution is -0.358. The number of carboxylic acids is 1. The number of ketones is 1. The quantitative estimate of drug-likeness (QED) is 0.0956. The first-order chi connectivity index (χ1) is 20.1. The molecule has 0 bridgehead atoms. The molecule has 250 valence electrons. The molecule has 18 nitrogen and oxygen atoms in total. The average Bonchev–Trinajstić information content (AvgIpc) is 2.96. The van der Waals surface area contributed by atoms with Gasteiger partial charge in [-0.1, -0.05) is 6.92 Å². The highest BCUT2D eigenvalue weighted by Gasteiger charge is 2.56. The molecular weight excluding hydrogens is 588 g/mol. The van der Waals surface area contributed by atoms with Crippen LogP contribution in [0.25, 0.3) is 0 Å². The van der Waals surface area contributed by atoms with Crippen molar-refractivity contribution in [2.45, 2.75) is 118 Å². The molecule has 0 aromatic heterocycles. The number of ether oxygens (including phenoxy) is 5. The summed E-state index contributed by atoms with van der Waals surface area (Å²) in [4.78, 5) is 23.8. The van der Waals surface area contributed by atoms with Crippen molar-refractivity contribution in [1.82, 2.24) is 0 Å². The van der Waals surface area contributed by atoms with E-state index in [4.69, 9.17) is 23.7 Å². The summed E-state index contributed by atoms with van der Waals surface area (Å²) >= 11 is 0. The summed E-state index contributed by atoms with van der Waals surface area (Å²) in [7, 11) is 0. The van der Waals surface area contributed by atoms with Crippen molar-refractivity contribution in [2.24, 2.45) is 5.92 Å². The van der Waals surface area contributed by atoms with Crippen LogP contribution in [0.4, 0.5) is 0 Å². The van der Waals surface area contributed by atoms with Gasteiger partial charge in [-0.2, -0.15) is 0 Å². The Bertz CT molecular complexity index is 936. The van der Waals surface area contributed by atoms with Crippen molar-refractivity contribution < 1.29 is 89.4 Å². The van der Waals surface area contributed by atoms with Crippen molar-refractivity contribution in [3.63, 3.8) is 0 Å². The lowest BCUT2D eigenvalue weighted by Gasteiger charge is -2.47. The molecule has 0 aromatic rings. The van der Waals surface area contributed by atoms with Gasteiger partial charge in [0.25, 0.3) is 5.79 Å². The standard InChI is InChI=1S/C25H42O18/c1-8(28)3-12-16(32)19(35)22(13(6-27)40-12)42-23-20(36)18(34)17(33)14(41-23)7-39-25(24(37)38)4-10(29)9(2)21(43-25)15(31)11(30)5-26/h9-23,26-27,29-36H,3-7H2,1-2H3,(H,37,38)/t9-,10-,11-,12+,13?,14?,15-,16?,17+,18+,19?,20?,21?,22-,23+,25-/m1/s1. The van der Waals surface area contributed by atoms with Gasteiger partial charge in [-0.15, -0.1) is 0 Å². The molecule has 3 aliphatic heterocycles. The molecule has 3 aliphatic rings. The summed E-state index contributed by atoms with van der Waals surface area (Å²) in [6.45, 7) is 0.0980. The van der Waals surface area contributed by atoms with Crippen molar-refractivity contribution >= 4 is 11.8 Å². The number of carboxylic acid groups (broad SMARTS) is 1. The number of hydrogen-bond donors (Lipinski definition) is 11. The number of Topliss-reactive ketones (excluding diaryl/α,β-unsaturated/α-hetero) is 1. The van der Waals surface area contributed by atoms with Gasteiger partial charge in [0.15, 0.2) is 6.29 Å². The molecule has 0 amide bonds. The highest BCUT2D eigenvalue weighted by atomic mass is 16.8. The Morgan fingerprint density at radius 2 is 1.53 bits per heavy atom. The first-order valence-electron chi connectivity index (χ1n) is 13.8. The van der Waals surface area contributed by atoms with Crippen LogP contribution in [0.3, 0.4) is 0 Å². The third kappa shape index (κ3) is 7.68. The molecule has 18 heteroatoms. The van der Waals surface area contributed by atoms with E-state index >= 15 is 0 Å². The van der Waals surface area contributed by atoms with E-state index < -0.39 is 130 Å². The van der Waals surface area contributed by atoms with Crippen molar-refractivity contribution in [1.29, 1.82) is 0 Å². The minimum atomic E-state index is -2.67. The van der Waals surface area contributed by atoms with Gasteiger partial charge in [0.1, 0.15) is 66.8 Å². The summed E-state index contributed by atoms with van der Waals surface area (Å²) in [5.41, 5.74) is 0. The number of aliphatic hydroxyl groups is 10. The lowest BCUT2D eigenvalue weighted by Crippen LogP contribution is -2.65. The molecule has 43 heavy (non-hydrogen) atoms. The van der Waals surface area contributed by atoms with Crippen LogP contribution in [0, 0.1) is 5.92 Å². The molecule has 0 aliphatic carbocycles. The zero-order chi connectivity index (χ0) is 32.4. The minimum absolute atomic E-state index is 0.286. The fourth-order valence-corrected chi connectivity index (χ4v) is 5.38. The van der Waals surface area contributed by atoms with Crippen molar-refractivity contribution in [3.05, 3.63) is 0 Å². The molecule has 6 unspecified atom stereocenters. The Hall–Kier alpha value is -1.46. The first kappa shape index (κ1) is 36.0. The van der Waals surface area contributed by atoms with E-state index in [2.05, 4.69) is 0 Å². The SMILES string of the molecule is CC(=O)C[C@@H]1OC(CO)[C@@H](O[C@@H]2OC(CO[C@]3(C(=O)O)C[C@@H](O)[C@@H](C)C([C@H](O)[C@H](O)CO)O3)[C@H](O)[C@H](O)C2O)C(O)C1O. The number of carbonyl (C=O) groups excluding carboxylic acids is 1. The third-order valence-corrected chi connectivity index (χ3v) is 8.07. The second kappa shape index (κ2) is 14.8. The normalized spacial score (nSPS) is 45.3.